The third-order valence-electron chi connectivity index (χ3n) is 5.37. The first-order valence-corrected chi connectivity index (χ1v) is 11.5. The highest BCUT2D eigenvalue weighted by atomic mass is 16.5. The van der Waals surface area contributed by atoms with Crippen molar-refractivity contribution in [3.8, 4) is 6.19 Å². The summed E-state index contributed by atoms with van der Waals surface area (Å²) in [5.74, 6) is 0.498. The van der Waals surface area contributed by atoms with E-state index in [9.17, 15) is 0 Å². The van der Waals surface area contributed by atoms with Crippen molar-refractivity contribution in [3.63, 3.8) is 0 Å². The summed E-state index contributed by atoms with van der Waals surface area (Å²) in [6.45, 7) is 6.02. The molecule has 0 amide bonds. The van der Waals surface area contributed by atoms with Gasteiger partial charge < -0.3 is 10.1 Å². The van der Waals surface area contributed by atoms with Crippen molar-refractivity contribution >= 4 is 11.6 Å². The minimum Gasteiger partial charge on any atom is -0.379 e. The van der Waals surface area contributed by atoms with Crippen molar-refractivity contribution < 1.29 is 4.74 Å². The van der Waals surface area contributed by atoms with E-state index >= 15 is 0 Å². The molecule has 30 heavy (non-hydrogen) atoms. The summed E-state index contributed by atoms with van der Waals surface area (Å²) in [5.41, 5.74) is 0.868. The van der Waals surface area contributed by atoms with E-state index in [0.29, 0.717) is 5.96 Å². The Morgan fingerprint density at radius 3 is 2.20 bits per heavy atom. The van der Waals surface area contributed by atoms with Crippen LogP contribution in [0.3, 0.4) is 0 Å². The smallest absolute Gasteiger partial charge is 0.209 e. The van der Waals surface area contributed by atoms with Crippen LogP contribution in [0.15, 0.2) is 29.5 Å². The number of pyridine rings is 1. The van der Waals surface area contributed by atoms with Gasteiger partial charge in [0.2, 0.25) is 5.96 Å². The number of hydrogen-bond donors (Lipinski definition) is 2. The summed E-state index contributed by atoms with van der Waals surface area (Å²) in [6.07, 6.45) is 18.3. The molecular weight excluding hydrogens is 376 g/mol. The van der Waals surface area contributed by atoms with Gasteiger partial charge in [-0.2, -0.15) is 5.26 Å². The van der Waals surface area contributed by atoms with Crippen LogP contribution in [-0.4, -0.2) is 55.2 Å². The Bertz CT molecular complexity index is 610. The molecule has 1 aromatic heterocycles. The van der Waals surface area contributed by atoms with E-state index in [2.05, 4.69) is 25.5 Å². The molecule has 166 valence electrons. The summed E-state index contributed by atoms with van der Waals surface area (Å²) in [7, 11) is 0. The Morgan fingerprint density at radius 1 is 0.967 bits per heavy atom. The van der Waals surface area contributed by atoms with E-state index in [1.807, 2.05) is 18.3 Å². The van der Waals surface area contributed by atoms with Gasteiger partial charge in [-0.25, -0.2) is 0 Å². The van der Waals surface area contributed by atoms with Crippen molar-refractivity contribution in [2.45, 2.75) is 64.2 Å². The number of anilines is 1. The minimum atomic E-state index is 0.498. The molecule has 2 heterocycles. The van der Waals surface area contributed by atoms with Gasteiger partial charge in [0.15, 0.2) is 6.19 Å². The second-order valence-electron chi connectivity index (χ2n) is 7.82. The summed E-state index contributed by atoms with van der Waals surface area (Å²) in [6, 6.07) is 3.69. The van der Waals surface area contributed by atoms with Crippen molar-refractivity contribution in [3.05, 3.63) is 24.5 Å². The highest BCUT2D eigenvalue weighted by molar-refractivity contribution is 5.94. The average molecular weight is 415 g/mol. The number of aliphatic imine (C=N–C) groups is 1. The van der Waals surface area contributed by atoms with Crippen LogP contribution in [0.2, 0.25) is 0 Å². The molecule has 2 N–H and O–H groups in total. The maximum Gasteiger partial charge on any atom is 0.209 e. The zero-order valence-electron chi connectivity index (χ0n) is 18.3. The first-order valence-electron chi connectivity index (χ1n) is 11.5. The fourth-order valence-corrected chi connectivity index (χ4v) is 3.61. The van der Waals surface area contributed by atoms with Crippen LogP contribution in [0, 0.1) is 11.5 Å². The Kier molecular flexibility index (Phi) is 13.3. The van der Waals surface area contributed by atoms with Gasteiger partial charge in [0.1, 0.15) is 0 Å². The normalized spacial score (nSPS) is 15.0. The van der Waals surface area contributed by atoms with Crippen LogP contribution in [0.5, 0.6) is 0 Å². The number of unbranched alkanes of at least 4 members (excludes halogenated alkanes) is 9. The summed E-state index contributed by atoms with van der Waals surface area (Å²) in [4.78, 5) is 11.0. The number of ether oxygens (including phenoxy) is 1. The molecule has 0 unspecified atom stereocenters. The molecule has 0 aromatic carbocycles. The fourth-order valence-electron chi connectivity index (χ4n) is 3.61. The molecule has 0 saturated carbocycles. The number of morpholine rings is 1. The van der Waals surface area contributed by atoms with E-state index in [0.717, 1.165) is 45.0 Å². The van der Waals surface area contributed by atoms with Gasteiger partial charge in [0.25, 0.3) is 0 Å². The molecule has 0 spiro atoms. The predicted molar refractivity (Wildman–Crippen MR) is 122 cm³/mol. The van der Waals surface area contributed by atoms with Crippen molar-refractivity contribution in [1.29, 1.82) is 5.26 Å². The minimum absolute atomic E-state index is 0.498. The van der Waals surface area contributed by atoms with Gasteiger partial charge in [-0.05, 0) is 31.5 Å². The highest BCUT2D eigenvalue weighted by Gasteiger charge is 2.08. The second-order valence-corrected chi connectivity index (χ2v) is 7.82. The lowest BCUT2D eigenvalue weighted by Gasteiger charge is -2.26. The molecule has 1 fully saturated rings. The molecule has 1 aromatic rings. The summed E-state index contributed by atoms with van der Waals surface area (Å²) >= 11 is 0. The number of guanidine groups is 1. The number of nitriles is 1. The molecule has 0 aliphatic carbocycles. The summed E-state index contributed by atoms with van der Waals surface area (Å²) < 4.78 is 5.39. The maximum absolute atomic E-state index is 8.86. The second kappa shape index (κ2) is 16.6. The quantitative estimate of drug-likeness (QED) is 0.156. The Balaban J connectivity index is 1.39. The van der Waals surface area contributed by atoms with E-state index in [1.165, 1.54) is 64.3 Å². The van der Waals surface area contributed by atoms with Gasteiger partial charge in [0, 0.05) is 37.7 Å². The Labute approximate surface area is 181 Å². The number of aromatic nitrogens is 1. The van der Waals surface area contributed by atoms with E-state index in [1.54, 1.807) is 12.4 Å². The monoisotopic (exact) mass is 414 g/mol. The van der Waals surface area contributed by atoms with Crippen LogP contribution >= 0.6 is 0 Å². The van der Waals surface area contributed by atoms with Crippen LogP contribution in [-0.2, 0) is 4.74 Å². The van der Waals surface area contributed by atoms with Gasteiger partial charge in [-0.3, -0.25) is 20.2 Å². The molecule has 7 nitrogen and oxygen atoms in total. The fraction of sp³-hybridized carbons (Fsp3) is 0.696. The Hall–Kier alpha value is -2.17. The van der Waals surface area contributed by atoms with E-state index < -0.39 is 0 Å². The molecule has 1 aliphatic heterocycles. The topological polar surface area (TPSA) is 85.6 Å². The largest absolute Gasteiger partial charge is 0.379 e. The molecule has 0 radical (unpaired) electrons. The number of nitrogens with one attached hydrogen (secondary N) is 2. The number of hydrogen-bond acceptors (Lipinski definition) is 5. The third-order valence-corrected chi connectivity index (χ3v) is 5.37. The highest BCUT2D eigenvalue weighted by Crippen LogP contribution is 2.11. The van der Waals surface area contributed by atoms with Crippen molar-refractivity contribution in [2.75, 3.05) is 44.7 Å². The standard InChI is InChI=1S/C23H38N6O/c24-21-27-23(28-22-11-14-25-15-12-22)26-13-9-7-5-3-1-2-4-6-8-10-16-29-17-19-30-20-18-29/h11-12,14-15H,1-10,13,16-20H2,(H2,25,26,27,28). The van der Waals surface area contributed by atoms with Crippen LogP contribution in [0.25, 0.3) is 0 Å². The Morgan fingerprint density at radius 2 is 1.57 bits per heavy atom. The zero-order valence-corrected chi connectivity index (χ0v) is 18.3. The first kappa shape index (κ1) is 24.1. The van der Waals surface area contributed by atoms with Crippen molar-refractivity contribution in [2.24, 2.45) is 4.99 Å². The molecule has 2 rings (SSSR count). The van der Waals surface area contributed by atoms with E-state index in [4.69, 9.17) is 10.00 Å². The number of rotatable bonds is 14. The lowest BCUT2D eigenvalue weighted by Crippen LogP contribution is -2.36. The lowest BCUT2D eigenvalue weighted by atomic mass is 10.1. The van der Waals surface area contributed by atoms with Crippen LogP contribution in [0.4, 0.5) is 5.69 Å². The first-order chi connectivity index (χ1) is 14.9. The van der Waals surface area contributed by atoms with E-state index in [-0.39, 0.29) is 0 Å². The van der Waals surface area contributed by atoms with Gasteiger partial charge in [-0.1, -0.05) is 51.4 Å². The molecule has 0 bridgehead atoms. The van der Waals surface area contributed by atoms with Crippen LogP contribution < -0.4 is 10.6 Å². The SMILES string of the molecule is N#CNC(=NCCCCCCCCCCCCN1CCOCC1)Nc1ccncc1. The van der Waals surface area contributed by atoms with Gasteiger partial charge in [0.05, 0.1) is 13.2 Å². The predicted octanol–water partition coefficient (Wildman–Crippen LogP) is 4.15. The third kappa shape index (κ3) is 11.7. The maximum atomic E-state index is 8.86. The lowest BCUT2D eigenvalue weighted by molar-refractivity contribution is 0.0371. The van der Waals surface area contributed by atoms with Crippen molar-refractivity contribution in [1.82, 2.24) is 15.2 Å². The molecule has 1 saturated heterocycles. The molecule has 1 aliphatic rings. The van der Waals surface area contributed by atoms with Gasteiger partial charge in [-0.15, -0.1) is 0 Å². The molecule has 7 heteroatoms. The van der Waals surface area contributed by atoms with Crippen LogP contribution in [0.1, 0.15) is 64.2 Å². The average Bonchev–Trinajstić information content (AvgIpc) is 2.78. The summed E-state index contributed by atoms with van der Waals surface area (Å²) in [5, 5.41) is 14.6. The van der Waals surface area contributed by atoms with Gasteiger partial charge >= 0.3 is 0 Å². The zero-order chi connectivity index (χ0) is 21.1. The molecular formula is C23H38N6O. The molecule has 0 atom stereocenters. The number of nitrogens with zero attached hydrogens (tertiary/aromatic N) is 4.